The van der Waals surface area contributed by atoms with Gasteiger partial charge in [0, 0.05) is 31.7 Å². The van der Waals surface area contributed by atoms with Crippen molar-refractivity contribution in [2.45, 2.75) is 32.2 Å². The number of benzene rings is 1. The fraction of sp³-hybridized carbons (Fsp3) is 0.562. The summed E-state index contributed by atoms with van der Waals surface area (Å²) in [4.78, 5) is 14.5. The van der Waals surface area contributed by atoms with Crippen molar-refractivity contribution in [3.05, 3.63) is 35.4 Å². The maximum absolute atomic E-state index is 12.6. The van der Waals surface area contributed by atoms with Crippen molar-refractivity contribution in [3.8, 4) is 0 Å². The van der Waals surface area contributed by atoms with Crippen LogP contribution in [0.15, 0.2) is 24.3 Å². The van der Waals surface area contributed by atoms with Gasteiger partial charge in [0.25, 0.3) is 5.91 Å². The summed E-state index contributed by atoms with van der Waals surface area (Å²) in [7, 11) is 0. The molecule has 0 saturated carbocycles. The number of amides is 1. The predicted molar refractivity (Wildman–Crippen MR) is 81.9 cm³/mol. The summed E-state index contributed by atoms with van der Waals surface area (Å²) in [5.74, 6) is 0.0856. The summed E-state index contributed by atoms with van der Waals surface area (Å²) in [5.41, 5.74) is 7.85. The SMILES string of the molecule is CC(C)(C)c1ccc(C(=O)N2CCNCC2CN)cc1. The highest BCUT2D eigenvalue weighted by atomic mass is 16.2. The second kappa shape index (κ2) is 5.94. The Labute approximate surface area is 121 Å². The van der Waals surface area contributed by atoms with Gasteiger partial charge in [-0.15, -0.1) is 0 Å². The zero-order valence-electron chi connectivity index (χ0n) is 12.6. The monoisotopic (exact) mass is 275 g/mol. The Balaban J connectivity index is 2.16. The molecule has 1 unspecified atom stereocenters. The van der Waals surface area contributed by atoms with Gasteiger partial charge in [0.05, 0.1) is 6.04 Å². The second-order valence-electron chi connectivity index (χ2n) is 6.42. The second-order valence-corrected chi connectivity index (χ2v) is 6.42. The van der Waals surface area contributed by atoms with Crippen LogP contribution in [0.25, 0.3) is 0 Å². The van der Waals surface area contributed by atoms with Gasteiger partial charge in [0.2, 0.25) is 0 Å². The van der Waals surface area contributed by atoms with Crippen LogP contribution in [0.1, 0.15) is 36.7 Å². The lowest BCUT2D eigenvalue weighted by molar-refractivity contribution is 0.0644. The summed E-state index contributed by atoms with van der Waals surface area (Å²) >= 11 is 0. The molecule has 20 heavy (non-hydrogen) atoms. The van der Waals surface area contributed by atoms with Gasteiger partial charge < -0.3 is 16.0 Å². The third-order valence-corrected chi connectivity index (χ3v) is 3.88. The van der Waals surface area contributed by atoms with Crippen LogP contribution in [0.4, 0.5) is 0 Å². The van der Waals surface area contributed by atoms with Gasteiger partial charge in [0.1, 0.15) is 0 Å². The zero-order chi connectivity index (χ0) is 14.8. The fourth-order valence-electron chi connectivity index (χ4n) is 2.52. The van der Waals surface area contributed by atoms with E-state index in [4.69, 9.17) is 5.73 Å². The molecule has 2 rings (SSSR count). The molecule has 1 aliphatic rings. The number of piperazine rings is 1. The molecule has 0 aromatic heterocycles. The minimum Gasteiger partial charge on any atom is -0.332 e. The lowest BCUT2D eigenvalue weighted by atomic mass is 9.86. The Hall–Kier alpha value is -1.39. The van der Waals surface area contributed by atoms with E-state index in [1.54, 1.807) is 0 Å². The Bertz CT molecular complexity index is 462. The topological polar surface area (TPSA) is 58.4 Å². The van der Waals surface area contributed by atoms with Crippen LogP contribution >= 0.6 is 0 Å². The molecule has 110 valence electrons. The van der Waals surface area contributed by atoms with Gasteiger partial charge in [-0.2, -0.15) is 0 Å². The van der Waals surface area contributed by atoms with Gasteiger partial charge >= 0.3 is 0 Å². The molecule has 1 aromatic carbocycles. The van der Waals surface area contributed by atoms with Crippen molar-refractivity contribution in [3.63, 3.8) is 0 Å². The van der Waals surface area contributed by atoms with E-state index < -0.39 is 0 Å². The molecule has 1 aromatic rings. The quantitative estimate of drug-likeness (QED) is 0.857. The van der Waals surface area contributed by atoms with Crippen molar-refractivity contribution in [1.82, 2.24) is 10.2 Å². The van der Waals surface area contributed by atoms with Crippen LogP contribution in [0.3, 0.4) is 0 Å². The highest BCUT2D eigenvalue weighted by Gasteiger charge is 2.26. The van der Waals surface area contributed by atoms with E-state index in [2.05, 4.69) is 26.1 Å². The predicted octanol–water partition coefficient (Wildman–Crippen LogP) is 1.36. The Morgan fingerprint density at radius 2 is 2.00 bits per heavy atom. The summed E-state index contributed by atoms with van der Waals surface area (Å²) in [6.45, 7) is 9.35. The molecule has 1 atom stereocenters. The summed E-state index contributed by atoms with van der Waals surface area (Å²) in [6, 6.07) is 8.05. The highest BCUT2D eigenvalue weighted by molar-refractivity contribution is 5.94. The molecule has 1 aliphatic heterocycles. The van der Waals surface area contributed by atoms with E-state index in [1.165, 1.54) is 5.56 Å². The largest absolute Gasteiger partial charge is 0.332 e. The van der Waals surface area contributed by atoms with Crippen LogP contribution in [0.5, 0.6) is 0 Å². The third kappa shape index (κ3) is 3.19. The van der Waals surface area contributed by atoms with Crippen LogP contribution < -0.4 is 11.1 Å². The Morgan fingerprint density at radius 1 is 1.35 bits per heavy atom. The van der Waals surface area contributed by atoms with Crippen molar-refractivity contribution in [1.29, 1.82) is 0 Å². The van der Waals surface area contributed by atoms with Gasteiger partial charge in [-0.05, 0) is 23.1 Å². The maximum Gasteiger partial charge on any atom is 0.254 e. The molecule has 1 heterocycles. The number of hydrogen-bond donors (Lipinski definition) is 2. The molecule has 4 nitrogen and oxygen atoms in total. The van der Waals surface area contributed by atoms with E-state index in [9.17, 15) is 4.79 Å². The summed E-state index contributed by atoms with van der Waals surface area (Å²) < 4.78 is 0. The van der Waals surface area contributed by atoms with Crippen LogP contribution in [0, 0.1) is 0 Å². The molecule has 0 radical (unpaired) electrons. The molecular weight excluding hydrogens is 250 g/mol. The number of carbonyl (C=O) groups excluding carboxylic acids is 1. The van der Waals surface area contributed by atoms with Crippen molar-refractivity contribution in [2.75, 3.05) is 26.2 Å². The average Bonchev–Trinajstić information content (AvgIpc) is 2.45. The molecule has 0 aliphatic carbocycles. The first-order valence-corrected chi connectivity index (χ1v) is 7.26. The van der Waals surface area contributed by atoms with Crippen LogP contribution in [0.2, 0.25) is 0 Å². The minimum atomic E-state index is 0.0856. The fourth-order valence-corrected chi connectivity index (χ4v) is 2.52. The molecule has 0 spiro atoms. The normalized spacial score (nSPS) is 20.0. The van der Waals surface area contributed by atoms with Crippen molar-refractivity contribution >= 4 is 5.91 Å². The molecular formula is C16H25N3O. The maximum atomic E-state index is 12.6. The molecule has 1 saturated heterocycles. The van der Waals surface area contributed by atoms with Crippen molar-refractivity contribution in [2.24, 2.45) is 5.73 Å². The minimum absolute atomic E-state index is 0.0856. The molecule has 3 N–H and O–H groups in total. The lowest BCUT2D eigenvalue weighted by Crippen LogP contribution is -2.56. The summed E-state index contributed by atoms with van der Waals surface area (Å²) in [5, 5.41) is 3.28. The Morgan fingerprint density at radius 3 is 2.55 bits per heavy atom. The van der Waals surface area contributed by atoms with E-state index in [1.807, 2.05) is 29.2 Å². The van der Waals surface area contributed by atoms with Crippen LogP contribution in [-0.4, -0.2) is 43.0 Å². The Kier molecular flexibility index (Phi) is 4.45. The van der Waals surface area contributed by atoms with Gasteiger partial charge in [-0.1, -0.05) is 32.9 Å². The first kappa shape index (κ1) is 15.0. The first-order valence-electron chi connectivity index (χ1n) is 7.26. The molecule has 4 heteroatoms. The van der Waals surface area contributed by atoms with Gasteiger partial charge in [0.15, 0.2) is 0 Å². The van der Waals surface area contributed by atoms with E-state index in [0.29, 0.717) is 6.54 Å². The number of nitrogens with zero attached hydrogens (tertiary/aromatic N) is 1. The summed E-state index contributed by atoms with van der Waals surface area (Å²) in [6.07, 6.45) is 0. The van der Waals surface area contributed by atoms with Crippen LogP contribution in [-0.2, 0) is 5.41 Å². The van der Waals surface area contributed by atoms with Gasteiger partial charge in [-0.25, -0.2) is 0 Å². The number of nitrogens with one attached hydrogen (secondary N) is 1. The average molecular weight is 275 g/mol. The first-order chi connectivity index (χ1) is 9.43. The van der Waals surface area contributed by atoms with E-state index in [0.717, 1.165) is 25.2 Å². The third-order valence-electron chi connectivity index (χ3n) is 3.88. The van der Waals surface area contributed by atoms with E-state index in [-0.39, 0.29) is 17.4 Å². The smallest absolute Gasteiger partial charge is 0.254 e. The standard InChI is InChI=1S/C16H25N3O/c1-16(2,3)13-6-4-12(5-7-13)15(20)19-9-8-18-11-14(19)10-17/h4-7,14,18H,8-11,17H2,1-3H3. The number of rotatable bonds is 2. The molecule has 1 amide bonds. The molecule has 1 fully saturated rings. The highest BCUT2D eigenvalue weighted by Crippen LogP contribution is 2.22. The number of nitrogens with two attached hydrogens (primary N) is 1. The number of carbonyl (C=O) groups is 1. The zero-order valence-corrected chi connectivity index (χ0v) is 12.6. The van der Waals surface area contributed by atoms with Crippen molar-refractivity contribution < 1.29 is 4.79 Å². The van der Waals surface area contributed by atoms with E-state index >= 15 is 0 Å². The number of hydrogen-bond acceptors (Lipinski definition) is 3. The lowest BCUT2D eigenvalue weighted by Gasteiger charge is -2.35. The molecule has 0 bridgehead atoms. The van der Waals surface area contributed by atoms with Gasteiger partial charge in [-0.3, -0.25) is 4.79 Å².